The first-order chi connectivity index (χ1) is 17.9. The van der Waals surface area contributed by atoms with Crippen LogP contribution in [0.3, 0.4) is 0 Å². The summed E-state index contributed by atoms with van der Waals surface area (Å²) in [6.45, 7) is 4.57. The van der Waals surface area contributed by atoms with Crippen LogP contribution in [0.5, 0.6) is 0 Å². The maximum Gasteiger partial charge on any atom is 0.164 e. The summed E-state index contributed by atoms with van der Waals surface area (Å²) in [5.41, 5.74) is 7.82. The maximum absolute atomic E-state index is 13.2. The minimum atomic E-state index is -1.07. The van der Waals surface area contributed by atoms with Crippen molar-refractivity contribution in [2.24, 2.45) is 0 Å². The van der Waals surface area contributed by atoms with Gasteiger partial charge in [-0.3, -0.25) is 4.90 Å². The Morgan fingerprint density at radius 1 is 1.03 bits per heavy atom. The van der Waals surface area contributed by atoms with Gasteiger partial charge in [-0.15, -0.1) is 0 Å². The molecule has 4 atom stereocenters. The zero-order valence-electron chi connectivity index (χ0n) is 20.9. The first kappa shape index (κ1) is 24.7. The highest BCUT2D eigenvalue weighted by molar-refractivity contribution is 5.86. The number of anilines is 1. The molecule has 198 valence electrons. The third-order valence-electron chi connectivity index (χ3n) is 8.71. The van der Waals surface area contributed by atoms with Crippen molar-refractivity contribution in [1.29, 1.82) is 0 Å². The number of fused-ring (bicyclic) bond motifs is 1. The molecule has 3 saturated heterocycles. The number of hydrogen-bond donors (Lipinski definition) is 3. The summed E-state index contributed by atoms with van der Waals surface area (Å²) in [5, 5.41) is 22.5. The molecular formula is C27H35FN6O3. The average Bonchev–Trinajstić information content (AvgIpc) is 3.58. The van der Waals surface area contributed by atoms with E-state index in [0.29, 0.717) is 23.4 Å². The third kappa shape index (κ3) is 4.61. The first-order valence-corrected chi connectivity index (χ1v) is 13.2. The molecule has 4 N–H and O–H groups in total. The van der Waals surface area contributed by atoms with Crippen LogP contribution in [-0.4, -0.2) is 91.1 Å². The Labute approximate surface area is 215 Å². The van der Waals surface area contributed by atoms with Gasteiger partial charge in [-0.25, -0.2) is 14.4 Å². The Bertz CT molecular complexity index is 1230. The summed E-state index contributed by atoms with van der Waals surface area (Å²) in [4.78, 5) is 13.3. The van der Waals surface area contributed by atoms with Crippen molar-refractivity contribution < 1.29 is 19.3 Å². The summed E-state index contributed by atoms with van der Waals surface area (Å²) in [6, 6.07) is 8.60. The topological polar surface area (TPSA) is 113 Å². The Kier molecular flexibility index (Phi) is 6.62. The van der Waals surface area contributed by atoms with E-state index in [1.54, 1.807) is 16.8 Å². The van der Waals surface area contributed by atoms with Gasteiger partial charge in [-0.1, -0.05) is 12.1 Å². The van der Waals surface area contributed by atoms with E-state index < -0.39 is 24.5 Å². The number of aromatic nitrogens is 3. The van der Waals surface area contributed by atoms with E-state index in [4.69, 9.17) is 10.5 Å². The van der Waals surface area contributed by atoms with E-state index in [0.717, 1.165) is 63.8 Å². The summed E-state index contributed by atoms with van der Waals surface area (Å²) in [6.07, 6.45) is 5.22. The summed E-state index contributed by atoms with van der Waals surface area (Å²) in [7, 11) is 0. The number of aliphatic hydroxyl groups excluding tert-OH is 2. The fourth-order valence-corrected chi connectivity index (χ4v) is 6.50. The molecule has 37 heavy (non-hydrogen) atoms. The van der Waals surface area contributed by atoms with Gasteiger partial charge in [0, 0.05) is 24.8 Å². The van der Waals surface area contributed by atoms with E-state index in [1.165, 1.54) is 18.5 Å². The lowest BCUT2D eigenvalue weighted by atomic mass is 9.84. The van der Waals surface area contributed by atoms with Crippen LogP contribution in [0.4, 0.5) is 10.2 Å². The van der Waals surface area contributed by atoms with Crippen LogP contribution in [0.15, 0.2) is 42.9 Å². The van der Waals surface area contributed by atoms with Crippen molar-refractivity contribution in [3.63, 3.8) is 0 Å². The number of benzene rings is 1. The second-order valence-corrected chi connectivity index (χ2v) is 10.8. The summed E-state index contributed by atoms with van der Waals surface area (Å²) < 4.78 is 21.2. The highest BCUT2D eigenvalue weighted by Gasteiger charge is 2.49. The predicted octanol–water partition coefficient (Wildman–Crippen LogP) is 1.94. The van der Waals surface area contributed by atoms with Crippen LogP contribution >= 0.6 is 0 Å². The van der Waals surface area contributed by atoms with Crippen LogP contribution in [0, 0.1) is 5.82 Å². The van der Waals surface area contributed by atoms with Crippen LogP contribution in [0.25, 0.3) is 11.0 Å². The number of ether oxygens (including phenoxy) is 1. The zero-order chi connectivity index (χ0) is 25.6. The molecule has 3 aliphatic rings. The highest BCUT2D eigenvalue weighted by Crippen LogP contribution is 2.40. The van der Waals surface area contributed by atoms with Crippen LogP contribution in [-0.2, 0) is 11.2 Å². The van der Waals surface area contributed by atoms with Gasteiger partial charge in [0.25, 0.3) is 0 Å². The molecule has 1 spiro atoms. The van der Waals surface area contributed by atoms with Gasteiger partial charge in [-0.05, 0) is 75.5 Å². The Morgan fingerprint density at radius 2 is 1.81 bits per heavy atom. The second-order valence-electron chi connectivity index (χ2n) is 10.8. The van der Waals surface area contributed by atoms with Gasteiger partial charge in [0.1, 0.15) is 41.9 Å². The molecule has 6 rings (SSSR count). The quantitative estimate of drug-likeness (QED) is 0.461. The number of hydrogen-bond acceptors (Lipinski definition) is 8. The second kappa shape index (κ2) is 9.92. The Hall–Kier alpha value is -2.63. The number of aliphatic hydroxyl groups is 2. The minimum absolute atomic E-state index is 0.111. The molecule has 3 aliphatic heterocycles. The van der Waals surface area contributed by atoms with E-state index in [2.05, 4.69) is 19.8 Å². The molecule has 10 heteroatoms. The number of nitrogen functional groups attached to an aromatic ring is 1. The fraction of sp³-hybridized carbons (Fsp3) is 0.556. The number of halogens is 1. The third-order valence-corrected chi connectivity index (χ3v) is 8.71. The highest BCUT2D eigenvalue weighted by atomic mass is 19.1. The molecule has 0 amide bonds. The van der Waals surface area contributed by atoms with Crippen molar-refractivity contribution in [2.45, 2.75) is 62.2 Å². The normalized spacial score (nSPS) is 28.5. The number of nitrogens with zero attached hydrogens (tertiary/aromatic N) is 5. The van der Waals surface area contributed by atoms with Crippen molar-refractivity contribution in [3.8, 4) is 0 Å². The van der Waals surface area contributed by atoms with Gasteiger partial charge < -0.3 is 30.2 Å². The Morgan fingerprint density at radius 3 is 2.59 bits per heavy atom. The SMILES string of the molecule is Nc1ncnc2c1ccn2[C@@H]1O[C@H](CN2CCCC23CCN(CCc2ccc(F)cc2)CC3)[C@@H](O)[C@H]1O. The first-order valence-electron chi connectivity index (χ1n) is 13.2. The lowest BCUT2D eigenvalue weighted by molar-refractivity contribution is -0.0575. The largest absolute Gasteiger partial charge is 0.387 e. The molecule has 1 aromatic carbocycles. The molecule has 3 fully saturated rings. The zero-order valence-corrected chi connectivity index (χ0v) is 20.9. The molecule has 9 nitrogen and oxygen atoms in total. The van der Waals surface area contributed by atoms with Gasteiger partial charge in [0.2, 0.25) is 0 Å². The monoisotopic (exact) mass is 510 g/mol. The number of piperidine rings is 1. The summed E-state index contributed by atoms with van der Waals surface area (Å²) >= 11 is 0. The molecule has 0 aliphatic carbocycles. The van der Waals surface area contributed by atoms with Crippen LogP contribution < -0.4 is 5.73 Å². The average molecular weight is 511 g/mol. The molecule has 0 unspecified atom stereocenters. The van der Waals surface area contributed by atoms with Gasteiger partial charge >= 0.3 is 0 Å². The molecule has 2 aromatic heterocycles. The standard InChI is InChI=1S/C27H35FN6O3/c28-19-4-2-18(3-5-19)6-12-32-14-9-27(10-15-32)8-1-11-33(27)16-21-22(35)23(36)26(37-21)34-13-7-20-24(29)30-17-31-25(20)34/h2-5,7,13,17,21-23,26,35-36H,1,6,8-12,14-16H2,(H2,29,30,31)/t21-,22-,23-,26-/m1/s1. The van der Waals surface area contributed by atoms with Crippen molar-refractivity contribution in [3.05, 3.63) is 54.2 Å². The van der Waals surface area contributed by atoms with Crippen molar-refractivity contribution >= 4 is 16.9 Å². The van der Waals surface area contributed by atoms with E-state index in [-0.39, 0.29) is 11.4 Å². The van der Waals surface area contributed by atoms with Crippen LogP contribution in [0.1, 0.15) is 37.5 Å². The lowest BCUT2D eigenvalue weighted by Crippen LogP contribution is -2.55. The van der Waals surface area contributed by atoms with Gasteiger partial charge in [-0.2, -0.15) is 0 Å². The number of likely N-dealkylation sites (tertiary alicyclic amines) is 2. The van der Waals surface area contributed by atoms with Crippen LogP contribution in [0.2, 0.25) is 0 Å². The molecule has 0 radical (unpaired) electrons. The molecular weight excluding hydrogens is 475 g/mol. The van der Waals surface area contributed by atoms with E-state index in [9.17, 15) is 14.6 Å². The molecule has 3 aromatic rings. The molecule has 0 bridgehead atoms. The Balaban J connectivity index is 1.08. The smallest absolute Gasteiger partial charge is 0.164 e. The fourth-order valence-electron chi connectivity index (χ4n) is 6.50. The minimum Gasteiger partial charge on any atom is -0.387 e. The van der Waals surface area contributed by atoms with Gasteiger partial charge in [0.15, 0.2) is 6.23 Å². The van der Waals surface area contributed by atoms with E-state index in [1.807, 2.05) is 12.1 Å². The molecule has 5 heterocycles. The van der Waals surface area contributed by atoms with Gasteiger partial charge in [0.05, 0.1) is 5.39 Å². The van der Waals surface area contributed by atoms with Crippen molar-refractivity contribution in [1.82, 2.24) is 24.3 Å². The summed E-state index contributed by atoms with van der Waals surface area (Å²) in [5.74, 6) is 0.178. The maximum atomic E-state index is 13.2. The van der Waals surface area contributed by atoms with Crippen molar-refractivity contribution in [2.75, 3.05) is 38.5 Å². The van der Waals surface area contributed by atoms with E-state index >= 15 is 0 Å². The predicted molar refractivity (Wildman–Crippen MR) is 137 cm³/mol. The molecule has 0 saturated carbocycles. The lowest BCUT2D eigenvalue weighted by Gasteiger charge is -2.46. The number of nitrogens with two attached hydrogens (primary N) is 1. The number of rotatable bonds is 6.